The predicted molar refractivity (Wildman–Crippen MR) is 74.9 cm³/mol. The molecule has 0 aliphatic carbocycles. The number of benzene rings is 1. The monoisotopic (exact) mass is 377 g/mol. The summed E-state index contributed by atoms with van der Waals surface area (Å²) in [7, 11) is 1.23. The average Bonchev–Trinajstić information content (AvgIpc) is 2.93. The van der Waals surface area contributed by atoms with Gasteiger partial charge in [0.25, 0.3) is 0 Å². The first-order chi connectivity index (χ1) is 11.3. The summed E-state index contributed by atoms with van der Waals surface area (Å²) in [6.07, 6.45) is -4.38. The van der Waals surface area contributed by atoms with Gasteiger partial charge in [0.1, 0.15) is 13.1 Å². The van der Waals surface area contributed by atoms with E-state index in [0.29, 0.717) is 11.4 Å². The summed E-state index contributed by atoms with van der Waals surface area (Å²) >= 11 is 0. The number of quaternary nitrogens is 1. The van der Waals surface area contributed by atoms with Crippen molar-refractivity contribution in [1.29, 1.82) is 0 Å². The average molecular weight is 378 g/mol. The zero-order valence-corrected chi connectivity index (χ0v) is 13.9. The molecule has 0 radical (unpaired) electrons. The number of rotatable bonds is 2. The number of fused-ring (bicyclic) bond motifs is 1. The van der Waals surface area contributed by atoms with Gasteiger partial charge in [-0.15, -0.1) is 0 Å². The highest BCUT2D eigenvalue weighted by Gasteiger charge is 2.42. The molecule has 1 atom stereocenters. The zero-order chi connectivity index (χ0) is 17.5. The van der Waals surface area contributed by atoms with Crippen molar-refractivity contribution < 1.29 is 45.4 Å². The number of hydrogen-bond donors (Lipinski definition) is 2. The first kappa shape index (κ1) is 19.2. The van der Waals surface area contributed by atoms with Gasteiger partial charge in [-0.05, 0) is 18.2 Å². The van der Waals surface area contributed by atoms with Crippen LogP contribution in [0, 0.1) is 0 Å². The number of methoxy groups -OCH3 is 1. The van der Waals surface area contributed by atoms with E-state index < -0.39 is 17.8 Å². The van der Waals surface area contributed by atoms with E-state index in [9.17, 15) is 23.2 Å². The molecule has 0 saturated heterocycles. The van der Waals surface area contributed by atoms with E-state index in [4.69, 9.17) is 0 Å². The van der Waals surface area contributed by atoms with Crippen molar-refractivity contribution in [3.63, 3.8) is 0 Å². The summed E-state index contributed by atoms with van der Waals surface area (Å²) in [4.78, 5) is 11.6. The van der Waals surface area contributed by atoms with E-state index in [1.807, 2.05) is 0 Å². The molecule has 1 unspecified atom stereocenters. The number of nitrogens with zero attached hydrogens (tertiary/aromatic N) is 2. The highest BCUT2D eigenvalue weighted by Crippen LogP contribution is 2.34. The Bertz CT molecular complexity index is 792. The fraction of sp³-hybridized carbons (Fsp3) is 0.333. The zero-order valence-electron chi connectivity index (χ0n) is 13.1. The Morgan fingerprint density at radius 3 is 2.76 bits per heavy atom. The molecule has 0 spiro atoms. The van der Waals surface area contributed by atoms with E-state index >= 15 is 0 Å². The summed E-state index contributed by atoms with van der Waals surface area (Å²) in [5.74, 6) is -0.583. The number of halogens is 4. The van der Waals surface area contributed by atoms with Gasteiger partial charge in [-0.2, -0.15) is 23.3 Å². The molecule has 1 aliphatic rings. The highest BCUT2D eigenvalue weighted by molar-refractivity contribution is 5.89. The molecule has 1 aromatic carbocycles. The molecule has 0 amide bonds. The van der Waals surface area contributed by atoms with Gasteiger partial charge in [0, 0.05) is 6.42 Å². The smallest absolute Gasteiger partial charge is 0.435 e. The number of ether oxygens (including phenoxy) is 1. The van der Waals surface area contributed by atoms with Crippen LogP contribution in [0.15, 0.2) is 24.3 Å². The molecule has 10 heteroatoms. The summed E-state index contributed by atoms with van der Waals surface area (Å²) < 4.78 is 45.6. The Balaban J connectivity index is 0.00000225. The largest absolute Gasteiger partial charge is 1.00 e. The van der Waals surface area contributed by atoms with Gasteiger partial charge in [-0.3, -0.25) is 0 Å². The maximum Gasteiger partial charge on any atom is 0.435 e. The van der Waals surface area contributed by atoms with Crippen molar-refractivity contribution >= 4 is 5.97 Å². The molecule has 1 aromatic heterocycles. The summed E-state index contributed by atoms with van der Waals surface area (Å²) in [6.45, 7) is 0.119. The Morgan fingerprint density at radius 1 is 1.40 bits per heavy atom. The van der Waals surface area contributed by atoms with Crippen LogP contribution in [-0.2, 0) is 23.9 Å². The molecular weight excluding hydrogens is 363 g/mol. The van der Waals surface area contributed by atoms with E-state index in [-0.39, 0.29) is 48.1 Å². The van der Waals surface area contributed by atoms with Gasteiger partial charge in [0.05, 0.1) is 29.6 Å². The molecule has 25 heavy (non-hydrogen) atoms. The second-order valence-corrected chi connectivity index (χ2v) is 5.47. The quantitative estimate of drug-likeness (QED) is 0.595. The molecule has 6 nitrogen and oxygen atoms in total. The molecule has 0 fully saturated rings. The number of esters is 1. The fourth-order valence-electron chi connectivity index (χ4n) is 2.81. The first-order valence-electron chi connectivity index (χ1n) is 7.21. The minimum absolute atomic E-state index is 0. The van der Waals surface area contributed by atoms with Gasteiger partial charge >= 0.3 is 12.1 Å². The maximum absolute atomic E-state index is 13.3. The topological polar surface area (TPSA) is 68.8 Å². The van der Waals surface area contributed by atoms with Crippen LogP contribution in [0.25, 0.3) is 5.69 Å². The maximum atomic E-state index is 13.3. The summed E-state index contributed by atoms with van der Waals surface area (Å²) in [5, 5.41) is 13.3. The minimum atomic E-state index is -4.62. The SMILES string of the molecule is COC(=O)c1cccc(-n2nc(C(F)(F)F)c3c2CC[NH+](O)C3)c1.[Cl-]. The lowest BCUT2D eigenvalue weighted by Crippen LogP contribution is -3.09. The van der Waals surface area contributed by atoms with E-state index in [1.165, 1.54) is 23.9 Å². The lowest BCUT2D eigenvalue weighted by molar-refractivity contribution is -1.10. The lowest BCUT2D eigenvalue weighted by atomic mass is 10.1. The number of aromatic nitrogens is 2. The van der Waals surface area contributed by atoms with Gasteiger partial charge in [0.15, 0.2) is 5.69 Å². The second-order valence-electron chi connectivity index (χ2n) is 5.47. The standard InChI is InChI=1S/C15H14F3N3O3.ClH/c1-24-14(22)9-3-2-4-10(7-9)21-12-5-6-20(23)8-11(12)13(19-21)15(16,17)18;/h2-4,7,23H,5-6,8H2,1H3;1H. The Morgan fingerprint density at radius 2 is 2.12 bits per heavy atom. The van der Waals surface area contributed by atoms with Gasteiger partial charge in [-0.25, -0.2) is 14.7 Å². The van der Waals surface area contributed by atoms with Crippen LogP contribution >= 0.6 is 0 Å². The van der Waals surface area contributed by atoms with Crippen molar-refractivity contribution in [3.05, 3.63) is 46.8 Å². The fourth-order valence-corrected chi connectivity index (χ4v) is 2.81. The van der Waals surface area contributed by atoms with Crippen LogP contribution in [0.5, 0.6) is 0 Å². The first-order valence-corrected chi connectivity index (χ1v) is 7.21. The molecule has 3 rings (SSSR count). The van der Waals surface area contributed by atoms with Crippen molar-refractivity contribution in [2.24, 2.45) is 0 Å². The van der Waals surface area contributed by atoms with Crippen LogP contribution in [0.1, 0.15) is 27.3 Å². The highest BCUT2D eigenvalue weighted by atomic mass is 35.5. The summed E-state index contributed by atoms with van der Waals surface area (Å²) in [6, 6.07) is 6.06. The number of nitrogens with one attached hydrogen (secondary N) is 1. The number of carbonyl (C=O) groups excluding carboxylic acids is 1. The molecule has 0 bridgehead atoms. The molecule has 2 N–H and O–H groups in total. The number of alkyl halides is 3. The predicted octanol–water partition coefficient (Wildman–Crippen LogP) is -1.99. The lowest BCUT2D eigenvalue weighted by Gasteiger charge is -2.18. The number of hydrogen-bond acceptors (Lipinski definition) is 4. The van der Waals surface area contributed by atoms with Crippen LogP contribution in [0.4, 0.5) is 13.2 Å². The third-order valence-corrected chi connectivity index (χ3v) is 3.90. The molecule has 0 saturated carbocycles. The minimum Gasteiger partial charge on any atom is -1.00 e. The molecule has 2 heterocycles. The van der Waals surface area contributed by atoms with Crippen LogP contribution < -0.4 is 17.5 Å². The molecule has 2 aromatic rings. The summed E-state index contributed by atoms with van der Waals surface area (Å²) in [5.41, 5.74) is -0.0758. The van der Waals surface area contributed by atoms with E-state index in [2.05, 4.69) is 9.84 Å². The third-order valence-electron chi connectivity index (χ3n) is 3.90. The van der Waals surface area contributed by atoms with Crippen LogP contribution in [0.2, 0.25) is 0 Å². The third kappa shape index (κ3) is 3.63. The van der Waals surface area contributed by atoms with Gasteiger partial charge in [-0.1, -0.05) is 6.07 Å². The van der Waals surface area contributed by atoms with Gasteiger partial charge < -0.3 is 17.1 Å². The number of carbonyl (C=O) groups is 1. The van der Waals surface area contributed by atoms with E-state index in [1.54, 1.807) is 12.1 Å². The molecule has 136 valence electrons. The molecule has 1 aliphatic heterocycles. The Hall–Kier alpha value is -2.10. The Kier molecular flexibility index (Phi) is 5.40. The van der Waals surface area contributed by atoms with E-state index in [0.717, 1.165) is 0 Å². The van der Waals surface area contributed by atoms with Crippen LogP contribution in [-0.4, -0.2) is 34.6 Å². The second kappa shape index (κ2) is 7.03. The van der Waals surface area contributed by atoms with Crippen molar-refractivity contribution in [2.45, 2.75) is 19.1 Å². The normalized spacial score (nSPS) is 16.8. The van der Waals surface area contributed by atoms with Crippen molar-refractivity contribution in [3.8, 4) is 5.69 Å². The number of hydroxylamine groups is 2. The molecular formula is C15H15ClF3N3O3. The van der Waals surface area contributed by atoms with Crippen molar-refractivity contribution in [2.75, 3.05) is 13.7 Å². The van der Waals surface area contributed by atoms with Crippen LogP contribution in [0.3, 0.4) is 0 Å². The Labute approximate surface area is 147 Å². The van der Waals surface area contributed by atoms with Crippen molar-refractivity contribution in [1.82, 2.24) is 9.78 Å². The van der Waals surface area contributed by atoms with Gasteiger partial charge in [0.2, 0.25) is 0 Å².